The molecular weight excluding hydrogens is 483 g/mol. The number of benzene rings is 2. The highest BCUT2D eigenvalue weighted by atomic mass is 35.5. The minimum Gasteiger partial charge on any atom is -0.494 e. The molecule has 0 bridgehead atoms. The smallest absolute Gasteiger partial charge is 0.328 e. The third-order valence-corrected chi connectivity index (χ3v) is 5.73. The van der Waals surface area contributed by atoms with E-state index in [1.165, 1.54) is 30.0 Å². The van der Waals surface area contributed by atoms with Crippen LogP contribution in [0.2, 0.25) is 10.0 Å². The predicted octanol–water partition coefficient (Wildman–Crippen LogP) is 3.57. The predicted molar refractivity (Wildman–Crippen MR) is 129 cm³/mol. The van der Waals surface area contributed by atoms with Crippen LogP contribution in [-0.4, -0.2) is 48.8 Å². The van der Waals surface area contributed by atoms with Gasteiger partial charge in [0.2, 0.25) is 0 Å². The second kappa shape index (κ2) is 10.3. The summed E-state index contributed by atoms with van der Waals surface area (Å²) in [5.41, 5.74) is 3.35. The van der Waals surface area contributed by atoms with Gasteiger partial charge in [0.05, 0.1) is 13.2 Å². The summed E-state index contributed by atoms with van der Waals surface area (Å²) in [4.78, 5) is 38.2. The molecule has 3 aromatic rings. The molecule has 0 saturated carbocycles. The van der Waals surface area contributed by atoms with Crippen molar-refractivity contribution in [2.24, 2.45) is 0 Å². The molecular formula is C23H22Cl2N4O5. The van der Waals surface area contributed by atoms with Crippen LogP contribution in [0.25, 0.3) is 10.9 Å². The van der Waals surface area contributed by atoms with Crippen molar-refractivity contribution >= 4 is 57.5 Å². The van der Waals surface area contributed by atoms with Gasteiger partial charge in [-0.05, 0) is 43.2 Å². The van der Waals surface area contributed by atoms with E-state index in [1.807, 2.05) is 0 Å². The topological polar surface area (TPSA) is 111 Å². The lowest BCUT2D eigenvalue weighted by Gasteiger charge is -2.15. The number of ether oxygens (including phenoxy) is 2. The summed E-state index contributed by atoms with van der Waals surface area (Å²) in [6, 6.07) is 11.4. The lowest BCUT2D eigenvalue weighted by molar-refractivity contribution is -0.136. The van der Waals surface area contributed by atoms with Crippen molar-refractivity contribution in [1.82, 2.24) is 9.99 Å². The van der Waals surface area contributed by atoms with Crippen molar-refractivity contribution in [2.45, 2.75) is 18.9 Å². The van der Waals surface area contributed by atoms with Crippen LogP contribution in [-0.2, 0) is 14.3 Å². The Morgan fingerprint density at radius 2 is 1.88 bits per heavy atom. The maximum atomic E-state index is 13.2. The first-order valence-corrected chi connectivity index (χ1v) is 11.3. The monoisotopic (exact) mass is 504 g/mol. The molecule has 1 aromatic heterocycles. The van der Waals surface area contributed by atoms with Crippen molar-refractivity contribution in [3.05, 3.63) is 58.2 Å². The fourth-order valence-electron chi connectivity index (χ4n) is 3.74. The van der Waals surface area contributed by atoms with E-state index < -0.39 is 17.7 Å². The van der Waals surface area contributed by atoms with Gasteiger partial charge in [0, 0.05) is 34.3 Å². The number of hydrogen-bond acceptors (Lipinski definition) is 5. The normalized spacial score (nSPS) is 15.2. The number of halogens is 2. The zero-order chi connectivity index (χ0) is 24.2. The molecule has 1 aliphatic heterocycles. The van der Waals surface area contributed by atoms with E-state index in [0.29, 0.717) is 39.0 Å². The lowest BCUT2D eigenvalue weighted by atomic mass is 10.2. The highest BCUT2D eigenvalue weighted by molar-refractivity contribution is 6.38. The number of para-hydroxylation sites is 1. The number of nitrogens with one attached hydrogen (secondary N) is 3. The summed E-state index contributed by atoms with van der Waals surface area (Å²) in [6.45, 7) is 0.864. The standard InChI is InChI=1S/C23H22Cl2N4O5/c1-33-19-6-2-4-13-8-18(21(30)27-16-10-14(24)9-15(25)11-16)29(20(13)19)28-23(32)22(31)26-12-17-5-3-7-34-17/h2,4,6,8-11,17H,3,5,7,12H2,1H3,(H,26,31)(H,27,30)(H,28,32)/t17-/m0/s1. The number of rotatable bonds is 6. The fraction of sp³-hybridized carbons (Fsp3) is 0.261. The molecule has 1 aliphatic rings. The van der Waals surface area contributed by atoms with Crippen LogP contribution in [0.1, 0.15) is 23.3 Å². The first-order valence-electron chi connectivity index (χ1n) is 10.5. The third kappa shape index (κ3) is 5.27. The van der Waals surface area contributed by atoms with Gasteiger partial charge in [-0.1, -0.05) is 35.3 Å². The zero-order valence-corrected chi connectivity index (χ0v) is 19.7. The Balaban J connectivity index is 1.62. The maximum absolute atomic E-state index is 13.2. The summed E-state index contributed by atoms with van der Waals surface area (Å²) in [7, 11) is 1.47. The minimum atomic E-state index is -0.943. The van der Waals surface area contributed by atoms with E-state index in [4.69, 9.17) is 32.7 Å². The number of nitrogens with zero attached hydrogens (tertiary/aromatic N) is 1. The Kier molecular flexibility index (Phi) is 7.26. The van der Waals surface area contributed by atoms with Gasteiger partial charge in [-0.15, -0.1) is 0 Å². The number of anilines is 1. The number of carbonyl (C=O) groups excluding carboxylic acids is 3. The minimum absolute atomic E-state index is 0.0656. The number of aromatic nitrogens is 1. The Morgan fingerprint density at radius 3 is 2.56 bits per heavy atom. The molecule has 11 heteroatoms. The maximum Gasteiger partial charge on any atom is 0.328 e. The zero-order valence-electron chi connectivity index (χ0n) is 18.2. The summed E-state index contributed by atoms with van der Waals surface area (Å²) in [5, 5.41) is 6.59. The van der Waals surface area contributed by atoms with Gasteiger partial charge in [-0.3, -0.25) is 19.8 Å². The van der Waals surface area contributed by atoms with Crippen LogP contribution in [0.15, 0.2) is 42.5 Å². The molecule has 2 heterocycles. The van der Waals surface area contributed by atoms with Gasteiger partial charge in [0.25, 0.3) is 5.91 Å². The second-order valence-corrected chi connectivity index (χ2v) is 8.53. The van der Waals surface area contributed by atoms with E-state index in [1.54, 1.807) is 24.3 Å². The van der Waals surface area contributed by atoms with Crippen molar-refractivity contribution in [3.8, 4) is 5.75 Å². The highest BCUT2D eigenvalue weighted by Gasteiger charge is 2.24. The Morgan fingerprint density at radius 1 is 1.12 bits per heavy atom. The molecule has 4 rings (SSSR count). The quantitative estimate of drug-likeness (QED) is 0.444. The largest absolute Gasteiger partial charge is 0.494 e. The van der Waals surface area contributed by atoms with Crippen molar-refractivity contribution in [3.63, 3.8) is 0 Å². The number of carbonyl (C=O) groups is 3. The van der Waals surface area contributed by atoms with Gasteiger partial charge in [0.1, 0.15) is 17.0 Å². The van der Waals surface area contributed by atoms with Crippen molar-refractivity contribution in [1.29, 1.82) is 0 Å². The van der Waals surface area contributed by atoms with Gasteiger partial charge < -0.3 is 20.1 Å². The molecule has 0 unspecified atom stereocenters. The Bertz CT molecular complexity index is 1230. The Labute approximate surface area is 205 Å². The van der Waals surface area contributed by atoms with Crippen LogP contribution >= 0.6 is 23.2 Å². The SMILES string of the molecule is COc1cccc2cc(C(=O)Nc3cc(Cl)cc(Cl)c3)n(NC(=O)C(=O)NC[C@@H]3CCCO3)c12. The van der Waals surface area contributed by atoms with Gasteiger partial charge in [-0.2, -0.15) is 0 Å². The van der Waals surface area contributed by atoms with Crippen LogP contribution in [0, 0.1) is 0 Å². The first kappa shape index (κ1) is 23.9. The number of hydrogen-bond donors (Lipinski definition) is 3. The average Bonchev–Trinajstić information content (AvgIpc) is 3.44. The molecule has 0 aliphatic carbocycles. The number of amides is 3. The molecule has 34 heavy (non-hydrogen) atoms. The molecule has 2 aromatic carbocycles. The highest BCUT2D eigenvalue weighted by Crippen LogP contribution is 2.29. The third-order valence-electron chi connectivity index (χ3n) is 5.29. The molecule has 3 amide bonds. The van der Waals surface area contributed by atoms with Crippen LogP contribution in [0.5, 0.6) is 5.75 Å². The van der Waals surface area contributed by atoms with E-state index in [9.17, 15) is 14.4 Å². The number of fused-ring (bicyclic) bond motifs is 1. The van der Waals surface area contributed by atoms with Crippen LogP contribution < -0.4 is 20.8 Å². The molecule has 0 radical (unpaired) electrons. The van der Waals surface area contributed by atoms with Gasteiger partial charge >= 0.3 is 11.8 Å². The van der Waals surface area contributed by atoms with E-state index in [0.717, 1.165) is 12.8 Å². The molecule has 1 atom stereocenters. The molecule has 1 fully saturated rings. The molecule has 0 spiro atoms. The van der Waals surface area contributed by atoms with Gasteiger partial charge in [-0.25, -0.2) is 4.68 Å². The van der Waals surface area contributed by atoms with Crippen molar-refractivity contribution < 1.29 is 23.9 Å². The lowest BCUT2D eigenvalue weighted by Crippen LogP contribution is -2.42. The summed E-state index contributed by atoms with van der Waals surface area (Å²) < 4.78 is 12.1. The van der Waals surface area contributed by atoms with E-state index >= 15 is 0 Å². The average molecular weight is 505 g/mol. The summed E-state index contributed by atoms with van der Waals surface area (Å²) >= 11 is 12.1. The second-order valence-electron chi connectivity index (χ2n) is 7.66. The molecule has 178 valence electrons. The number of methoxy groups -OCH3 is 1. The van der Waals surface area contributed by atoms with Gasteiger partial charge in [0.15, 0.2) is 0 Å². The first-order chi connectivity index (χ1) is 16.4. The van der Waals surface area contributed by atoms with Crippen molar-refractivity contribution in [2.75, 3.05) is 31.0 Å². The summed E-state index contributed by atoms with van der Waals surface area (Å²) in [5.74, 6) is -1.94. The van der Waals surface area contributed by atoms with E-state index in [2.05, 4.69) is 16.1 Å². The van der Waals surface area contributed by atoms with Crippen LogP contribution in [0.3, 0.4) is 0 Å². The van der Waals surface area contributed by atoms with E-state index in [-0.39, 0.29) is 18.3 Å². The van der Waals surface area contributed by atoms with Crippen LogP contribution in [0.4, 0.5) is 5.69 Å². The molecule has 9 nitrogen and oxygen atoms in total. The molecule has 3 N–H and O–H groups in total. The fourth-order valence-corrected chi connectivity index (χ4v) is 4.27. The molecule has 1 saturated heterocycles. The Hall–Kier alpha value is -3.27. The summed E-state index contributed by atoms with van der Waals surface area (Å²) in [6.07, 6.45) is 1.62.